The van der Waals surface area contributed by atoms with Gasteiger partial charge in [-0.3, -0.25) is 0 Å². The number of rotatable bonds is 2. The predicted molar refractivity (Wildman–Crippen MR) is 67.3 cm³/mol. The summed E-state index contributed by atoms with van der Waals surface area (Å²) >= 11 is 0. The van der Waals surface area contributed by atoms with Gasteiger partial charge in [0.2, 0.25) is 10.0 Å². The number of sulfonamides is 1. The highest BCUT2D eigenvalue weighted by Gasteiger charge is 2.36. The molecule has 0 radical (unpaired) electrons. The highest BCUT2D eigenvalue weighted by molar-refractivity contribution is 7.89. The van der Waals surface area contributed by atoms with Gasteiger partial charge in [-0.25, -0.2) is 8.42 Å². The lowest BCUT2D eigenvalue weighted by Gasteiger charge is -2.16. The summed E-state index contributed by atoms with van der Waals surface area (Å²) in [6.45, 7) is 2.31. The van der Waals surface area contributed by atoms with E-state index in [0.717, 1.165) is 24.3 Å². The lowest BCUT2D eigenvalue weighted by atomic mass is 10.1. The van der Waals surface area contributed by atoms with Gasteiger partial charge in [0.05, 0.1) is 10.5 Å². The smallest absolute Gasteiger partial charge is 0.326 e. The van der Waals surface area contributed by atoms with Gasteiger partial charge in [-0.15, -0.1) is 0 Å². The molecule has 0 amide bonds. The molecule has 1 fully saturated rings. The Labute approximate surface area is 115 Å². The third kappa shape index (κ3) is 2.82. The third-order valence-corrected chi connectivity index (χ3v) is 5.30. The van der Waals surface area contributed by atoms with Crippen LogP contribution in [0.25, 0.3) is 0 Å². The van der Waals surface area contributed by atoms with Crippen molar-refractivity contribution in [1.82, 2.24) is 4.31 Å². The van der Waals surface area contributed by atoms with Crippen molar-refractivity contribution in [3.05, 3.63) is 29.8 Å². The zero-order chi connectivity index (χ0) is 15.1. The molecule has 0 aliphatic carbocycles. The second-order valence-electron chi connectivity index (χ2n) is 4.99. The molecule has 2 unspecified atom stereocenters. The number of alkyl halides is 3. The zero-order valence-corrected chi connectivity index (χ0v) is 11.6. The Morgan fingerprint density at radius 1 is 1.20 bits per heavy atom. The molecule has 0 spiro atoms. The molecule has 0 aromatic heterocycles. The molecule has 112 valence electrons. The van der Waals surface area contributed by atoms with Gasteiger partial charge < -0.3 is 5.73 Å². The first kappa shape index (κ1) is 15.3. The quantitative estimate of drug-likeness (QED) is 0.904. The number of hydrogen-bond donors (Lipinski definition) is 1. The Morgan fingerprint density at radius 2 is 1.75 bits per heavy atom. The van der Waals surface area contributed by atoms with Gasteiger partial charge in [0.25, 0.3) is 0 Å². The van der Waals surface area contributed by atoms with Crippen LogP contribution in [-0.2, 0) is 16.2 Å². The summed E-state index contributed by atoms with van der Waals surface area (Å²) in [7, 11) is -3.78. The molecule has 20 heavy (non-hydrogen) atoms. The van der Waals surface area contributed by atoms with E-state index in [1.54, 1.807) is 0 Å². The minimum atomic E-state index is -4.48. The normalized spacial score (nSPS) is 25.1. The highest BCUT2D eigenvalue weighted by Crippen LogP contribution is 2.31. The molecule has 1 heterocycles. The lowest BCUT2D eigenvalue weighted by molar-refractivity contribution is -0.137. The average Bonchev–Trinajstić information content (AvgIpc) is 2.69. The van der Waals surface area contributed by atoms with Gasteiger partial charge in [0.15, 0.2) is 0 Å². The van der Waals surface area contributed by atoms with Crippen molar-refractivity contribution in [1.29, 1.82) is 0 Å². The summed E-state index contributed by atoms with van der Waals surface area (Å²) in [5.41, 5.74) is 4.90. The zero-order valence-electron chi connectivity index (χ0n) is 10.8. The van der Waals surface area contributed by atoms with Crippen LogP contribution in [0.1, 0.15) is 12.5 Å². The predicted octanol–water partition coefficient (Wildman–Crippen LogP) is 1.67. The fourth-order valence-electron chi connectivity index (χ4n) is 2.11. The van der Waals surface area contributed by atoms with Gasteiger partial charge >= 0.3 is 6.18 Å². The Bertz CT molecular complexity index is 574. The molecule has 0 bridgehead atoms. The minimum absolute atomic E-state index is 0.0271. The Hall–Kier alpha value is -1.12. The summed E-state index contributed by atoms with van der Waals surface area (Å²) < 4.78 is 63.1. The van der Waals surface area contributed by atoms with Crippen LogP contribution in [-0.4, -0.2) is 31.9 Å². The summed E-state index contributed by atoms with van der Waals surface area (Å²) in [4.78, 5) is -0.146. The number of hydrogen-bond acceptors (Lipinski definition) is 3. The van der Waals surface area contributed by atoms with Crippen LogP contribution in [0.2, 0.25) is 0 Å². The van der Waals surface area contributed by atoms with E-state index in [0.29, 0.717) is 0 Å². The fraction of sp³-hybridized carbons (Fsp3) is 0.500. The van der Waals surface area contributed by atoms with E-state index in [1.165, 1.54) is 4.31 Å². The molecule has 1 aromatic carbocycles. The molecule has 2 N–H and O–H groups in total. The maximum Gasteiger partial charge on any atom is 0.416 e. The van der Waals surface area contributed by atoms with Gasteiger partial charge in [-0.05, 0) is 30.2 Å². The fourth-order valence-corrected chi connectivity index (χ4v) is 3.69. The maximum absolute atomic E-state index is 12.4. The summed E-state index contributed by atoms with van der Waals surface area (Å²) in [5.74, 6) is 0.0271. The molecule has 2 atom stereocenters. The molecule has 8 heteroatoms. The third-order valence-electron chi connectivity index (χ3n) is 3.46. The van der Waals surface area contributed by atoms with Crippen molar-refractivity contribution in [2.45, 2.75) is 24.0 Å². The Morgan fingerprint density at radius 3 is 2.15 bits per heavy atom. The van der Waals surface area contributed by atoms with Crippen molar-refractivity contribution in [2.24, 2.45) is 11.7 Å². The van der Waals surface area contributed by atoms with E-state index in [9.17, 15) is 21.6 Å². The number of nitrogens with two attached hydrogens (primary N) is 1. The van der Waals surface area contributed by atoms with Crippen LogP contribution in [0, 0.1) is 5.92 Å². The van der Waals surface area contributed by atoms with Crippen molar-refractivity contribution in [2.75, 3.05) is 13.1 Å². The van der Waals surface area contributed by atoms with E-state index in [4.69, 9.17) is 5.73 Å². The molecule has 2 rings (SSSR count). The SMILES string of the molecule is CC1CN(S(=O)(=O)c2ccc(C(F)(F)F)cc2)CC1N. The van der Waals surface area contributed by atoms with E-state index in [1.807, 2.05) is 6.92 Å². The van der Waals surface area contributed by atoms with Crippen molar-refractivity contribution >= 4 is 10.0 Å². The van der Waals surface area contributed by atoms with Gasteiger partial charge in [0.1, 0.15) is 0 Å². The van der Waals surface area contributed by atoms with Crippen molar-refractivity contribution < 1.29 is 21.6 Å². The standard InChI is InChI=1S/C12H15F3N2O2S/c1-8-6-17(7-11(8)16)20(18,19)10-4-2-9(3-5-10)12(13,14)15/h2-5,8,11H,6-7,16H2,1H3. The van der Waals surface area contributed by atoms with E-state index in [2.05, 4.69) is 0 Å². The van der Waals surface area contributed by atoms with Crippen LogP contribution in [0.3, 0.4) is 0 Å². The monoisotopic (exact) mass is 308 g/mol. The second-order valence-corrected chi connectivity index (χ2v) is 6.92. The topological polar surface area (TPSA) is 63.4 Å². The first-order valence-corrected chi connectivity index (χ1v) is 7.49. The highest BCUT2D eigenvalue weighted by atomic mass is 32.2. The molecule has 0 saturated carbocycles. The molecule has 1 aliphatic heterocycles. The molecule has 1 saturated heterocycles. The summed E-state index contributed by atoms with van der Waals surface area (Å²) in [6.07, 6.45) is -4.48. The lowest BCUT2D eigenvalue weighted by Crippen LogP contribution is -2.32. The van der Waals surface area contributed by atoms with Crippen LogP contribution in [0.15, 0.2) is 29.2 Å². The first-order chi connectivity index (χ1) is 9.12. The first-order valence-electron chi connectivity index (χ1n) is 6.05. The summed E-state index contributed by atoms with van der Waals surface area (Å²) in [6, 6.07) is 3.25. The minimum Gasteiger partial charge on any atom is -0.326 e. The largest absolute Gasteiger partial charge is 0.416 e. The van der Waals surface area contributed by atoms with Crippen molar-refractivity contribution in [3.8, 4) is 0 Å². The number of benzene rings is 1. The van der Waals surface area contributed by atoms with E-state index < -0.39 is 21.8 Å². The maximum atomic E-state index is 12.4. The molecule has 1 aromatic rings. The Kier molecular flexibility index (Phi) is 3.83. The van der Waals surface area contributed by atoms with Crippen LogP contribution < -0.4 is 5.73 Å². The van der Waals surface area contributed by atoms with Crippen LogP contribution >= 0.6 is 0 Å². The number of nitrogens with zero attached hydrogens (tertiary/aromatic N) is 1. The molecular weight excluding hydrogens is 293 g/mol. The molecular formula is C12H15F3N2O2S. The van der Waals surface area contributed by atoms with E-state index >= 15 is 0 Å². The molecule has 4 nitrogen and oxygen atoms in total. The van der Waals surface area contributed by atoms with Crippen molar-refractivity contribution in [3.63, 3.8) is 0 Å². The van der Waals surface area contributed by atoms with E-state index in [-0.39, 0.29) is 29.9 Å². The average molecular weight is 308 g/mol. The van der Waals surface area contributed by atoms with Gasteiger partial charge in [-0.1, -0.05) is 6.92 Å². The Balaban J connectivity index is 2.27. The summed E-state index contributed by atoms with van der Waals surface area (Å²) in [5, 5.41) is 0. The molecule has 1 aliphatic rings. The second kappa shape index (κ2) is 5.01. The number of halogens is 3. The van der Waals surface area contributed by atoms with Gasteiger partial charge in [0, 0.05) is 19.1 Å². The van der Waals surface area contributed by atoms with Gasteiger partial charge in [-0.2, -0.15) is 17.5 Å². The van der Waals surface area contributed by atoms with Crippen LogP contribution in [0.4, 0.5) is 13.2 Å². The van der Waals surface area contributed by atoms with Crippen LogP contribution in [0.5, 0.6) is 0 Å².